The van der Waals surface area contributed by atoms with Crippen molar-refractivity contribution in [2.45, 2.75) is 109 Å². The molecule has 0 saturated heterocycles. The molecule has 274 valence electrons. The van der Waals surface area contributed by atoms with Crippen molar-refractivity contribution in [3.05, 3.63) is 59.7 Å². The van der Waals surface area contributed by atoms with Crippen LogP contribution in [0, 0.1) is 0 Å². The Balaban J connectivity index is 1.58. The molecule has 0 fully saturated rings. The van der Waals surface area contributed by atoms with Gasteiger partial charge in [-0.25, -0.2) is 19.2 Å². The van der Waals surface area contributed by atoms with Gasteiger partial charge in [0.25, 0.3) is 0 Å². The van der Waals surface area contributed by atoms with Gasteiger partial charge in [-0.15, -0.1) is 0 Å². The first-order chi connectivity index (χ1) is 23.5. The number of aliphatic carboxylic acids is 1. The van der Waals surface area contributed by atoms with Gasteiger partial charge in [0.1, 0.15) is 29.9 Å². The van der Waals surface area contributed by atoms with Crippen molar-refractivity contribution in [3.8, 4) is 11.1 Å². The van der Waals surface area contributed by atoms with Crippen LogP contribution in [-0.2, 0) is 23.8 Å². The molecule has 2 aromatic carbocycles. The fourth-order valence-corrected chi connectivity index (χ4v) is 5.54. The molecule has 0 aromatic heterocycles. The van der Waals surface area contributed by atoms with Crippen molar-refractivity contribution in [1.29, 1.82) is 0 Å². The average Bonchev–Trinajstić information content (AvgIpc) is 3.34. The summed E-state index contributed by atoms with van der Waals surface area (Å²) in [5.41, 5.74) is 2.96. The van der Waals surface area contributed by atoms with Crippen LogP contribution < -0.4 is 21.3 Å². The molecule has 0 spiro atoms. The SMILES string of the molecule is CC(C)(C)OC(=O)NCCCC[C@H](NC(=O)[C@H](CCCCNC(=O)OC(C)(C)C)NC(=O)OCC1c2ccccc2-c2ccccc21)C(=O)O. The van der Waals surface area contributed by atoms with E-state index < -0.39 is 53.4 Å². The summed E-state index contributed by atoms with van der Waals surface area (Å²) in [6, 6.07) is 13.5. The number of amides is 4. The summed E-state index contributed by atoms with van der Waals surface area (Å²) in [5.74, 6) is -2.07. The van der Waals surface area contributed by atoms with Crippen LogP contribution in [0.25, 0.3) is 11.1 Å². The quantitative estimate of drug-likeness (QED) is 0.106. The number of rotatable bonds is 16. The molecule has 0 heterocycles. The summed E-state index contributed by atoms with van der Waals surface area (Å²) in [5, 5.41) is 20.3. The summed E-state index contributed by atoms with van der Waals surface area (Å²) in [6.07, 6.45) is 0.0942. The zero-order valence-electron chi connectivity index (χ0n) is 29.9. The van der Waals surface area contributed by atoms with Crippen LogP contribution in [0.1, 0.15) is 97.1 Å². The van der Waals surface area contributed by atoms with Crippen molar-refractivity contribution in [2.24, 2.45) is 0 Å². The lowest BCUT2D eigenvalue weighted by Gasteiger charge is -2.22. The number of hydrogen-bond donors (Lipinski definition) is 5. The van der Waals surface area contributed by atoms with Crippen molar-refractivity contribution in [2.75, 3.05) is 19.7 Å². The lowest BCUT2D eigenvalue weighted by molar-refractivity contribution is -0.142. The Morgan fingerprint density at radius 3 is 1.58 bits per heavy atom. The van der Waals surface area contributed by atoms with Gasteiger partial charge >= 0.3 is 24.2 Å². The third kappa shape index (κ3) is 13.2. The number of hydrogen-bond acceptors (Lipinski definition) is 8. The molecule has 5 N–H and O–H groups in total. The van der Waals surface area contributed by atoms with Crippen LogP contribution in [0.2, 0.25) is 0 Å². The van der Waals surface area contributed by atoms with Gasteiger partial charge in [0.2, 0.25) is 5.91 Å². The molecule has 0 saturated carbocycles. The first-order valence-corrected chi connectivity index (χ1v) is 17.1. The number of carboxylic acid groups (broad SMARTS) is 1. The minimum Gasteiger partial charge on any atom is -0.480 e. The Labute approximate surface area is 294 Å². The zero-order chi connectivity index (χ0) is 36.9. The lowest BCUT2D eigenvalue weighted by atomic mass is 9.98. The van der Waals surface area contributed by atoms with Crippen LogP contribution in [-0.4, -0.2) is 78.2 Å². The molecule has 50 heavy (non-hydrogen) atoms. The van der Waals surface area contributed by atoms with Gasteiger partial charge in [-0.1, -0.05) is 48.5 Å². The Bertz CT molecular complexity index is 1440. The summed E-state index contributed by atoms with van der Waals surface area (Å²) >= 11 is 0. The lowest BCUT2D eigenvalue weighted by Crippen LogP contribution is -2.51. The van der Waals surface area contributed by atoms with Crippen molar-refractivity contribution >= 4 is 30.2 Å². The molecule has 0 unspecified atom stereocenters. The fourth-order valence-electron chi connectivity index (χ4n) is 5.54. The standard InChI is InChI=1S/C37H52N4O9/c1-36(2,3)49-33(45)38-21-13-11-19-29(31(42)40-30(32(43)44)20-12-14-22-39-34(46)50-37(4,5)6)41-35(47)48-23-28-26-17-9-7-15-24(26)25-16-8-10-18-27(25)28/h7-10,15-18,28-30H,11-14,19-23H2,1-6H3,(H,38,45)(H,39,46)(H,40,42)(H,41,47)(H,43,44)/t29-,30-/m0/s1. The van der Waals surface area contributed by atoms with E-state index in [4.69, 9.17) is 14.2 Å². The fraction of sp³-hybridized carbons (Fsp3) is 0.541. The van der Waals surface area contributed by atoms with Crippen molar-refractivity contribution in [3.63, 3.8) is 0 Å². The van der Waals surface area contributed by atoms with Crippen LogP contribution in [0.15, 0.2) is 48.5 Å². The average molecular weight is 697 g/mol. The highest BCUT2D eigenvalue weighted by molar-refractivity contribution is 5.89. The summed E-state index contributed by atoms with van der Waals surface area (Å²) in [6.45, 7) is 11.1. The number of ether oxygens (including phenoxy) is 3. The number of carbonyl (C=O) groups is 5. The highest BCUT2D eigenvalue weighted by Crippen LogP contribution is 2.44. The molecular formula is C37H52N4O9. The zero-order valence-corrected chi connectivity index (χ0v) is 29.9. The first kappa shape index (κ1) is 39.6. The molecule has 13 heteroatoms. The Morgan fingerprint density at radius 1 is 0.660 bits per heavy atom. The number of carboxylic acids is 1. The highest BCUT2D eigenvalue weighted by Gasteiger charge is 2.31. The Kier molecular flexibility index (Phi) is 14.5. The number of alkyl carbamates (subject to hydrolysis) is 3. The van der Waals surface area contributed by atoms with Crippen LogP contribution in [0.5, 0.6) is 0 Å². The molecule has 2 aromatic rings. The smallest absolute Gasteiger partial charge is 0.407 e. The second kappa shape index (κ2) is 18.3. The van der Waals surface area contributed by atoms with E-state index >= 15 is 0 Å². The van der Waals surface area contributed by atoms with Crippen LogP contribution in [0.3, 0.4) is 0 Å². The van der Waals surface area contributed by atoms with Crippen molar-refractivity contribution in [1.82, 2.24) is 21.3 Å². The molecule has 0 aliphatic heterocycles. The second-order valence-electron chi connectivity index (χ2n) is 14.3. The Morgan fingerprint density at radius 2 is 1.12 bits per heavy atom. The molecule has 1 aliphatic carbocycles. The predicted molar refractivity (Wildman–Crippen MR) is 188 cm³/mol. The van der Waals surface area contributed by atoms with E-state index in [0.29, 0.717) is 25.7 Å². The van der Waals surface area contributed by atoms with Gasteiger partial charge in [-0.3, -0.25) is 4.79 Å². The third-order valence-electron chi connectivity index (χ3n) is 7.74. The summed E-state index contributed by atoms with van der Waals surface area (Å²) < 4.78 is 16.1. The number of unbranched alkanes of at least 4 members (excludes halogenated alkanes) is 2. The van der Waals surface area contributed by atoms with E-state index in [0.717, 1.165) is 22.3 Å². The maximum Gasteiger partial charge on any atom is 0.407 e. The van der Waals surface area contributed by atoms with E-state index in [9.17, 15) is 29.1 Å². The van der Waals surface area contributed by atoms with E-state index in [1.807, 2.05) is 48.5 Å². The third-order valence-corrected chi connectivity index (χ3v) is 7.74. The van der Waals surface area contributed by atoms with Crippen molar-refractivity contribution < 1.29 is 43.3 Å². The van der Waals surface area contributed by atoms with Crippen LogP contribution >= 0.6 is 0 Å². The maximum atomic E-state index is 13.4. The topological polar surface area (TPSA) is 181 Å². The van der Waals surface area contributed by atoms with Gasteiger partial charge in [0.05, 0.1) is 0 Å². The largest absolute Gasteiger partial charge is 0.480 e. The molecule has 2 atom stereocenters. The van der Waals surface area contributed by atoms with Gasteiger partial charge in [0, 0.05) is 19.0 Å². The normalized spacial score (nSPS) is 13.6. The highest BCUT2D eigenvalue weighted by atomic mass is 16.6. The van der Waals surface area contributed by atoms with Gasteiger partial charge in [0.15, 0.2) is 0 Å². The number of benzene rings is 2. The van der Waals surface area contributed by atoms with Crippen LogP contribution in [0.4, 0.5) is 14.4 Å². The molecule has 1 aliphatic rings. The summed E-state index contributed by atoms with van der Waals surface area (Å²) in [7, 11) is 0. The van der Waals surface area contributed by atoms with E-state index in [1.54, 1.807) is 41.5 Å². The van der Waals surface area contributed by atoms with E-state index in [1.165, 1.54) is 0 Å². The first-order valence-electron chi connectivity index (χ1n) is 17.1. The second-order valence-corrected chi connectivity index (χ2v) is 14.3. The molecule has 0 radical (unpaired) electrons. The number of fused-ring (bicyclic) bond motifs is 3. The molecular weight excluding hydrogens is 644 g/mol. The minimum absolute atomic E-state index is 0.0447. The minimum atomic E-state index is -1.22. The van der Waals surface area contributed by atoms with E-state index in [2.05, 4.69) is 21.3 Å². The molecule has 4 amide bonds. The number of nitrogens with one attached hydrogen (secondary N) is 4. The Hall–Kier alpha value is -4.81. The summed E-state index contributed by atoms with van der Waals surface area (Å²) in [4.78, 5) is 62.4. The molecule has 0 bridgehead atoms. The van der Waals surface area contributed by atoms with E-state index in [-0.39, 0.29) is 38.5 Å². The molecule has 3 rings (SSSR count). The van der Waals surface area contributed by atoms with Gasteiger partial charge in [-0.05, 0) is 102 Å². The predicted octanol–water partition coefficient (Wildman–Crippen LogP) is 5.85. The molecule has 13 nitrogen and oxygen atoms in total. The van der Waals surface area contributed by atoms with Gasteiger partial charge < -0.3 is 40.6 Å². The van der Waals surface area contributed by atoms with Gasteiger partial charge in [-0.2, -0.15) is 0 Å². The number of carbonyl (C=O) groups excluding carboxylic acids is 4. The maximum absolute atomic E-state index is 13.4. The monoisotopic (exact) mass is 696 g/mol.